The topological polar surface area (TPSA) is 47.0 Å². The molecule has 1 aliphatic carbocycles. The molecular formula is C21H17NO2S. The van der Waals surface area contributed by atoms with Crippen molar-refractivity contribution in [1.82, 2.24) is 4.98 Å². The third-order valence-electron chi connectivity index (χ3n) is 4.63. The highest BCUT2D eigenvalue weighted by molar-refractivity contribution is 7.13. The van der Waals surface area contributed by atoms with E-state index in [2.05, 4.69) is 36.2 Å². The van der Waals surface area contributed by atoms with Gasteiger partial charge in [-0.15, -0.1) is 11.3 Å². The van der Waals surface area contributed by atoms with Crippen molar-refractivity contribution in [2.45, 2.75) is 19.8 Å². The fraction of sp³-hybridized carbons (Fsp3) is 0.190. The maximum Gasteiger partial charge on any atom is 0.174 e. The Bertz CT molecular complexity index is 921. The van der Waals surface area contributed by atoms with Gasteiger partial charge in [-0.2, -0.15) is 0 Å². The summed E-state index contributed by atoms with van der Waals surface area (Å²) in [6, 6.07) is 15.4. The summed E-state index contributed by atoms with van der Waals surface area (Å²) < 4.78 is 0. The monoisotopic (exact) mass is 347 g/mol. The standard InChI is InChI=1S/C21H17NO2S/c1-13-6-8-14(9-7-13)21-22-15(12-25-21)10-11-18-19(23)16-4-2-3-5-17(16)20(18)24/h2-9,12,18H,10-11H2,1H3. The number of ketones is 2. The molecule has 0 fully saturated rings. The molecule has 25 heavy (non-hydrogen) atoms. The van der Waals surface area contributed by atoms with E-state index in [9.17, 15) is 9.59 Å². The highest BCUT2D eigenvalue weighted by atomic mass is 32.1. The van der Waals surface area contributed by atoms with Crippen LogP contribution in [-0.2, 0) is 6.42 Å². The molecule has 0 amide bonds. The smallest absolute Gasteiger partial charge is 0.174 e. The number of thiazole rings is 1. The first-order valence-electron chi connectivity index (χ1n) is 8.32. The van der Waals surface area contributed by atoms with E-state index in [0.29, 0.717) is 24.0 Å². The average molecular weight is 347 g/mol. The minimum Gasteiger partial charge on any atom is -0.293 e. The Balaban J connectivity index is 1.47. The fourth-order valence-electron chi connectivity index (χ4n) is 3.21. The minimum atomic E-state index is -0.554. The van der Waals surface area contributed by atoms with Gasteiger partial charge in [-0.05, 0) is 19.8 Å². The lowest BCUT2D eigenvalue weighted by molar-refractivity contribution is 0.0831. The van der Waals surface area contributed by atoms with Gasteiger partial charge in [0.1, 0.15) is 5.01 Å². The zero-order chi connectivity index (χ0) is 17.4. The first-order valence-corrected chi connectivity index (χ1v) is 9.20. The number of fused-ring (bicyclic) bond motifs is 1. The van der Waals surface area contributed by atoms with E-state index in [4.69, 9.17) is 0 Å². The van der Waals surface area contributed by atoms with Gasteiger partial charge in [0.05, 0.1) is 11.6 Å². The van der Waals surface area contributed by atoms with E-state index in [1.165, 1.54) is 5.56 Å². The van der Waals surface area contributed by atoms with Crippen molar-refractivity contribution in [3.63, 3.8) is 0 Å². The van der Waals surface area contributed by atoms with E-state index < -0.39 is 5.92 Å². The molecule has 1 aromatic heterocycles. The SMILES string of the molecule is Cc1ccc(-c2nc(CCC3C(=O)c4ccccc4C3=O)cs2)cc1. The summed E-state index contributed by atoms with van der Waals surface area (Å²) in [5.41, 5.74) is 4.39. The lowest BCUT2D eigenvalue weighted by Crippen LogP contribution is -2.16. The van der Waals surface area contributed by atoms with E-state index in [-0.39, 0.29) is 11.6 Å². The molecule has 0 saturated heterocycles. The normalized spacial score (nSPS) is 14.1. The van der Waals surface area contributed by atoms with Crippen LogP contribution in [0.3, 0.4) is 0 Å². The first-order chi connectivity index (χ1) is 12.1. The van der Waals surface area contributed by atoms with Crippen molar-refractivity contribution in [3.8, 4) is 10.6 Å². The molecule has 4 rings (SSSR count). The van der Waals surface area contributed by atoms with Crippen LogP contribution in [0.15, 0.2) is 53.9 Å². The molecule has 124 valence electrons. The summed E-state index contributed by atoms with van der Waals surface area (Å²) in [5, 5.41) is 2.99. The molecule has 4 heteroatoms. The zero-order valence-corrected chi connectivity index (χ0v) is 14.7. The van der Waals surface area contributed by atoms with E-state index >= 15 is 0 Å². The first kappa shape index (κ1) is 15.9. The molecule has 0 spiro atoms. The quantitative estimate of drug-likeness (QED) is 0.640. The third kappa shape index (κ3) is 2.94. The summed E-state index contributed by atoms with van der Waals surface area (Å²) in [6.45, 7) is 2.06. The van der Waals surface area contributed by atoms with Crippen molar-refractivity contribution >= 4 is 22.9 Å². The predicted octanol–water partition coefficient (Wildman–Crippen LogP) is 4.75. The highest BCUT2D eigenvalue weighted by Crippen LogP contribution is 2.30. The van der Waals surface area contributed by atoms with Crippen molar-refractivity contribution in [1.29, 1.82) is 0 Å². The molecule has 0 saturated carbocycles. The number of hydrogen-bond acceptors (Lipinski definition) is 4. The number of rotatable bonds is 4. The predicted molar refractivity (Wildman–Crippen MR) is 99.2 cm³/mol. The van der Waals surface area contributed by atoms with Crippen LogP contribution < -0.4 is 0 Å². The van der Waals surface area contributed by atoms with Gasteiger partial charge in [0.25, 0.3) is 0 Å². The number of Topliss-reactive ketones (excluding diaryl/α,β-unsaturated/α-hetero) is 2. The van der Waals surface area contributed by atoms with Gasteiger partial charge in [-0.3, -0.25) is 9.59 Å². The lowest BCUT2D eigenvalue weighted by Gasteiger charge is -2.04. The Morgan fingerprint density at radius 3 is 2.24 bits per heavy atom. The third-order valence-corrected chi connectivity index (χ3v) is 5.57. The maximum absolute atomic E-state index is 12.4. The summed E-state index contributed by atoms with van der Waals surface area (Å²) in [7, 11) is 0. The molecule has 1 aliphatic rings. The van der Waals surface area contributed by atoms with E-state index in [0.717, 1.165) is 16.3 Å². The zero-order valence-electron chi connectivity index (χ0n) is 13.9. The molecular weight excluding hydrogens is 330 g/mol. The number of nitrogens with zero attached hydrogens (tertiary/aromatic N) is 1. The second-order valence-electron chi connectivity index (χ2n) is 6.38. The van der Waals surface area contributed by atoms with Crippen LogP contribution >= 0.6 is 11.3 Å². The minimum absolute atomic E-state index is 0.0467. The van der Waals surface area contributed by atoms with Crippen LogP contribution in [-0.4, -0.2) is 16.6 Å². The Morgan fingerprint density at radius 1 is 0.960 bits per heavy atom. The molecule has 0 atom stereocenters. The van der Waals surface area contributed by atoms with Crippen molar-refractivity contribution in [3.05, 3.63) is 76.3 Å². The second kappa shape index (κ2) is 6.37. The van der Waals surface area contributed by atoms with Gasteiger partial charge in [-0.25, -0.2) is 4.98 Å². The van der Waals surface area contributed by atoms with E-state index in [1.54, 1.807) is 35.6 Å². The number of aromatic nitrogens is 1. The number of hydrogen-bond donors (Lipinski definition) is 0. The van der Waals surface area contributed by atoms with Crippen molar-refractivity contribution < 1.29 is 9.59 Å². The van der Waals surface area contributed by atoms with Gasteiger partial charge >= 0.3 is 0 Å². The molecule has 0 bridgehead atoms. The molecule has 3 nitrogen and oxygen atoms in total. The summed E-state index contributed by atoms with van der Waals surface area (Å²) in [4.78, 5) is 29.6. The molecule has 2 aromatic carbocycles. The summed E-state index contributed by atoms with van der Waals surface area (Å²) in [6.07, 6.45) is 1.15. The second-order valence-corrected chi connectivity index (χ2v) is 7.23. The summed E-state index contributed by atoms with van der Waals surface area (Å²) >= 11 is 1.60. The van der Waals surface area contributed by atoms with Crippen molar-refractivity contribution in [2.24, 2.45) is 5.92 Å². The number of carbonyl (C=O) groups is 2. The largest absolute Gasteiger partial charge is 0.293 e. The Labute approximate surface area is 150 Å². The van der Waals surface area contributed by atoms with E-state index in [1.807, 2.05) is 5.38 Å². The van der Waals surface area contributed by atoms with Gasteiger partial charge in [-0.1, -0.05) is 54.1 Å². The Morgan fingerprint density at radius 2 is 1.60 bits per heavy atom. The number of carbonyl (C=O) groups excluding carboxylic acids is 2. The lowest BCUT2D eigenvalue weighted by atomic mass is 9.97. The Hall–Kier alpha value is -2.59. The van der Waals surface area contributed by atoms with Crippen LogP contribution in [0.25, 0.3) is 10.6 Å². The van der Waals surface area contributed by atoms with Crippen LogP contribution in [0.1, 0.15) is 38.4 Å². The number of benzene rings is 2. The fourth-order valence-corrected chi connectivity index (χ4v) is 4.07. The molecule has 0 unspecified atom stereocenters. The van der Waals surface area contributed by atoms with Gasteiger partial charge in [0.15, 0.2) is 11.6 Å². The average Bonchev–Trinajstić information content (AvgIpc) is 3.19. The molecule has 0 radical (unpaired) electrons. The van der Waals surface area contributed by atoms with Crippen LogP contribution in [0.4, 0.5) is 0 Å². The van der Waals surface area contributed by atoms with Crippen LogP contribution in [0.2, 0.25) is 0 Å². The summed E-state index contributed by atoms with van der Waals surface area (Å²) in [5.74, 6) is -0.647. The Kier molecular flexibility index (Phi) is 4.06. The van der Waals surface area contributed by atoms with Crippen molar-refractivity contribution in [2.75, 3.05) is 0 Å². The molecule has 1 heterocycles. The van der Waals surface area contributed by atoms with Crippen LogP contribution in [0.5, 0.6) is 0 Å². The molecule has 3 aromatic rings. The molecule has 0 aliphatic heterocycles. The van der Waals surface area contributed by atoms with Gasteiger partial charge in [0.2, 0.25) is 0 Å². The van der Waals surface area contributed by atoms with Gasteiger partial charge < -0.3 is 0 Å². The highest BCUT2D eigenvalue weighted by Gasteiger charge is 2.37. The van der Waals surface area contributed by atoms with Crippen LogP contribution in [0, 0.1) is 12.8 Å². The maximum atomic E-state index is 12.4. The number of aryl methyl sites for hydroxylation is 2. The molecule has 0 N–H and O–H groups in total. The van der Waals surface area contributed by atoms with Gasteiger partial charge in [0, 0.05) is 22.1 Å².